The monoisotopic (exact) mass is 198 g/mol. The van der Waals surface area contributed by atoms with E-state index in [1.54, 1.807) is 11.8 Å². The molecule has 1 aromatic rings. The summed E-state index contributed by atoms with van der Waals surface area (Å²) in [5.41, 5.74) is 0.685. The summed E-state index contributed by atoms with van der Waals surface area (Å²) in [5, 5.41) is 1.90. The van der Waals surface area contributed by atoms with Crippen molar-refractivity contribution in [2.75, 3.05) is 12.0 Å². The van der Waals surface area contributed by atoms with Gasteiger partial charge in [-0.1, -0.05) is 12.6 Å². The van der Waals surface area contributed by atoms with Crippen LogP contribution in [0.15, 0.2) is 29.7 Å². The van der Waals surface area contributed by atoms with Gasteiger partial charge in [0.2, 0.25) is 0 Å². The van der Waals surface area contributed by atoms with Gasteiger partial charge in [-0.3, -0.25) is 4.79 Å². The fourth-order valence-electron chi connectivity index (χ4n) is 0.822. The normalized spacial score (nSPS) is 9.75. The molecular formula is C9H10OS2. The molecule has 0 bridgehead atoms. The van der Waals surface area contributed by atoms with Gasteiger partial charge in [0.25, 0.3) is 0 Å². The highest BCUT2D eigenvalue weighted by Gasteiger charge is 2.09. The van der Waals surface area contributed by atoms with Gasteiger partial charge in [-0.05, 0) is 17.7 Å². The molecule has 1 heterocycles. The lowest BCUT2D eigenvalue weighted by Gasteiger charge is -1.98. The number of hydrogen-bond acceptors (Lipinski definition) is 3. The highest BCUT2D eigenvalue weighted by Crippen LogP contribution is 2.15. The van der Waals surface area contributed by atoms with Crippen molar-refractivity contribution in [1.29, 1.82) is 0 Å². The molecule has 1 rings (SSSR count). The van der Waals surface area contributed by atoms with Crippen molar-refractivity contribution in [2.45, 2.75) is 0 Å². The minimum absolute atomic E-state index is 0.0827. The predicted molar refractivity (Wildman–Crippen MR) is 56.2 cm³/mol. The molecule has 0 aliphatic heterocycles. The maximum atomic E-state index is 11.5. The predicted octanol–water partition coefficient (Wildman–Crippen LogP) is 2.85. The van der Waals surface area contributed by atoms with Crippen molar-refractivity contribution in [2.24, 2.45) is 0 Å². The van der Waals surface area contributed by atoms with Gasteiger partial charge in [0, 0.05) is 11.3 Å². The summed E-state index contributed by atoms with van der Waals surface area (Å²) in [6.07, 6.45) is 1.97. The van der Waals surface area contributed by atoms with Crippen LogP contribution >= 0.6 is 23.1 Å². The zero-order chi connectivity index (χ0) is 8.97. The zero-order valence-corrected chi connectivity index (χ0v) is 8.50. The van der Waals surface area contributed by atoms with Crippen LogP contribution in [0.2, 0.25) is 0 Å². The van der Waals surface area contributed by atoms with Crippen molar-refractivity contribution in [3.63, 3.8) is 0 Å². The van der Waals surface area contributed by atoms with Crippen LogP contribution in [0.25, 0.3) is 0 Å². The molecule has 0 radical (unpaired) electrons. The fourth-order valence-corrected chi connectivity index (χ4v) is 2.01. The largest absolute Gasteiger partial charge is 0.288 e. The second-order valence-electron chi connectivity index (χ2n) is 2.34. The Morgan fingerprint density at radius 2 is 2.50 bits per heavy atom. The molecule has 0 N–H and O–H groups in total. The lowest BCUT2D eigenvalue weighted by Crippen LogP contribution is -2.01. The number of thioether (sulfide) groups is 1. The number of thiophene rings is 1. The van der Waals surface area contributed by atoms with Crippen molar-refractivity contribution in [3.05, 3.63) is 34.5 Å². The second kappa shape index (κ2) is 4.48. The van der Waals surface area contributed by atoms with Gasteiger partial charge >= 0.3 is 0 Å². The lowest BCUT2D eigenvalue weighted by atomic mass is 10.2. The first-order valence-electron chi connectivity index (χ1n) is 3.50. The Hall–Kier alpha value is -0.540. The van der Waals surface area contributed by atoms with E-state index in [0.717, 1.165) is 10.6 Å². The molecule has 3 heteroatoms. The highest BCUT2D eigenvalue weighted by molar-refractivity contribution is 7.98. The van der Waals surface area contributed by atoms with Crippen LogP contribution in [0, 0.1) is 0 Å². The van der Waals surface area contributed by atoms with Gasteiger partial charge in [-0.15, -0.1) is 11.3 Å². The average Bonchev–Trinajstić information content (AvgIpc) is 2.55. The summed E-state index contributed by atoms with van der Waals surface area (Å²) in [7, 11) is 0. The van der Waals surface area contributed by atoms with Gasteiger partial charge in [0.15, 0.2) is 5.78 Å². The summed E-state index contributed by atoms with van der Waals surface area (Å²) in [5.74, 6) is 0.802. The standard InChI is InChI=1S/C9H10OS2/c1-7(6-11-2)9(10)8-4-3-5-12-8/h3-5H,1,6H2,2H3. The Bertz CT molecular complexity index is 275. The SMILES string of the molecule is C=C(CSC)C(=O)c1cccs1. The van der Waals surface area contributed by atoms with E-state index < -0.39 is 0 Å². The van der Waals surface area contributed by atoms with Gasteiger partial charge in [-0.25, -0.2) is 0 Å². The zero-order valence-electron chi connectivity index (χ0n) is 6.87. The van der Waals surface area contributed by atoms with Gasteiger partial charge in [0.05, 0.1) is 4.88 Å². The molecule has 0 spiro atoms. The van der Waals surface area contributed by atoms with E-state index in [2.05, 4.69) is 6.58 Å². The Kier molecular flexibility index (Phi) is 3.56. The summed E-state index contributed by atoms with van der Waals surface area (Å²) >= 11 is 3.09. The summed E-state index contributed by atoms with van der Waals surface area (Å²) in [6.45, 7) is 3.74. The molecule has 1 aromatic heterocycles. The van der Waals surface area contributed by atoms with Crippen LogP contribution in [-0.2, 0) is 0 Å². The van der Waals surface area contributed by atoms with Crippen LogP contribution in [0.3, 0.4) is 0 Å². The highest BCUT2D eigenvalue weighted by atomic mass is 32.2. The van der Waals surface area contributed by atoms with E-state index in [9.17, 15) is 4.79 Å². The Morgan fingerprint density at radius 1 is 1.75 bits per heavy atom. The van der Waals surface area contributed by atoms with E-state index in [0.29, 0.717) is 5.57 Å². The Labute approximate surface area is 80.5 Å². The summed E-state index contributed by atoms with van der Waals surface area (Å²) < 4.78 is 0. The Balaban J connectivity index is 2.66. The Morgan fingerprint density at radius 3 is 3.00 bits per heavy atom. The topological polar surface area (TPSA) is 17.1 Å². The second-order valence-corrected chi connectivity index (χ2v) is 4.16. The van der Waals surface area contributed by atoms with Crippen LogP contribution in [0.1, 0.15) is 9.67 Å². The number of hydrogen-bond donors (Lipinski definition) is 0. The van der Waals surface area contributed by atoms with E-state index in [1.165, 1.54) is 11.3 Å². The molecule has 0 aromatic carbocycles. The maximum Gasteiger partial charge on any atom is 0.199 e. The lowest BCUT2D eigenvalue weighted by molar-refractivity contribution is 0.103. The molecule has 0 saturated heterocycles. The van der Waals surface area contributed by atoms with E-state index in [1.807, 2.05) is 23.8 Å². The minimum Gasteiger partial charge on any atom is -0.288 e. The first kappa shape index (κ1) is 9.55. The summed E-state index contributed by atoms with van der Waals surface area (Å²) in [4.78, 5) is 12.3. The van der Waals surface area contributed by atoms with Gasteiger partial charge in [-0.2, -0.15) is 11.8 Å². The molecule has 0 unspecified atom stereocenters. The third-order valence-corrected chi connectivity index (χ3v) is 2.89. The number of carbonyl (C=O) groups excluding carboxylic acids is 1. The smallest absolute Gasteiger partial charge is 0.199 e. The fraction of sp³-hybridized carbons (Fsp3) is 0.222. The maximum absolute atomic E-state index is 11.5. The van der Waals surface area contributed by atoms with Gasteiger partial charge in [0.1, 0.15) is 0 Å². The molecule has 0 amide bonds. The van der Waals surface area contributed by atoms with Crippen molar-refractivity contribution >= 4 is 28.9 Å². The molecular weight excluding hydrogens is 188 g/mol. The molecule has 0 aliphatic rings. The number of Topliss-reactive ketones (excluding diaryl/α,β-unsaturated/α-hetero) is 1. The van der Waals surface area contributed by atoms with E-state index in [4.69, 9.17) is 0 Å². The molecule has 0 aliphatic carbocycles. The van der Waals surface area contributed by atoms with E-state index >= 15 is 0 Å². The van der Waals surface area contributed by atoms with Crippen LogP contribution in [0.4, 0.5) is 0 Å². The average molecular weight is 198 g/mol. The van der Waals surface area contributed by atoms with Crippen LogP contribution in [0.5, 0.6) is 0 Å². The van der Waals surface area contributed by atoms with Crippen molar-refractivity contribution in [1.82, 2.24) is 0 Å². The summed E-state index contributed by atoms with van der Waals surface area (Å²) in [6, 6.07) is 3.71. The number of rotatable bonds is 4. The molecule has 0 fully saturated rings. The molecule has 0 atom stereocenters. The minimum atomic E-state index is 0.0827. The van der Waals surface area contributed by atoms with Crippen molar-refractivity contribution < 1.29 is 4.79 Å². The quantitative estimate of drug-likeness (QED) is 0.546. The number of carbonyl (C=O) groups is 1. The molecule has 12 heavy (non-hydrogen) atoms. The van der Waals surface area contributed by atoms with Crippen LogP contribution in [-0.4, -0.2) is 17.8 Å². The van der Waals surface area contributed by atoms with E-state index in [-0.39, 0.29) is 5.78 Å². The number of ketones is 1. The molecule has 64 valence electrons. The third kappa shape index (κ3) is 2.22. The van der Waals surface area contributed by atoms with Crippen molar-refractivity contribution in [3.8, 4) is 0 Å². The third-order valence-electron chi connectivity index (χ3n) is 1.38. The first-order chi connectivity index (χ1) is 5.75. The molecule has 1 nitrogen and oxygen atoms in total. The van der Waals surface area contributed by atoms with Gasteiger partial charge < -0.3 is 0 Å². The molecule has 0 saturated carbocycles. The first-order valence-corrected chi connectivity index (χ1v) is 5.78. The van der Waals surface area contributed by atoms with Crippen LogP contribution < -0.4 is 0 Å².